The number of hydrogen-bond donors (Lipinski definition) is 1. The Morgan fingerprint density at radius 3 is 2.38 bits per heavy atom. The van der Waals surface area contributed by atoms with Crippen molar-refractivity contribution in [1.29, 1.82) is 0 Å². The Bertz CT molecular complexity index is 425. The van der Waals surface area contributed by atoms with Crippen LogP contribution in [0.15, 0.2) is 18.2 Å². The zero-order valence-corrected chi connectivity index (χ0v) is 14.5. The summed E-state index contributed by atoms with van der Waals surface area (Å²) in [6, 6.07) is 6.67. The molecule has 0 atom stereocenters. The summed E-state index contributed by atoms with van der Waals surface area (Å²) in [5.74, 6) is 1.04. The highest BCUT2D eigenvalue weighted by Crippen LogP contribution is 2.23. The smallest absolute Gasteiger partial charge is 0.0399 e. The average Bonchev–Trinajstić information content (AvgIpc) is 2.51. The third-order valence-corrected chi connectivity index (χ3v) is 4.99. The number of anilines is 1. The van der Waals surface area contributed by atoms with Gasteiger partial charge in [0.2, 0.25) is 0 Å². The summed E-state index contributed by atoms with van der Waals surface area (Å²) in [5, 5.41) is 0. The second-order valence-corrected chi connectivity index (χ2v) is 6.63. The standard InChI is InChI=1S/C18H30N2S/c1-16-8-7-9-18(17(16)2)20-13-11-19(12-14-20)10-5-3-4-6-15-21/h7-9,21H,3-6,10-15H2,1-2H3. The molecule has 2 rings (SSSR count). The van der Waals surface area contributed by atoms with Crippen molar-refractivity contribution in [3.63, 3.8) is 0 Å². The second-order valence-electron chi connectivity index (χ2n) is 6.19. The van der Waals surface area contributed by atoms with Crippen LogP contribution in [-0.4, -0.2) is 43.4 Å². The van der Waals surface area contributed by atoms with E-state index in [1.807, 2.05) is 0 Å². The van der Waals surface area contributed by atoms with Gasteiger partial charge in [0.1, 0.15) is 0 Å². The maximum absolute atomic E-state index is 4.27. The molecule has 3 heteroatoms. The molecule has 1 aromatic carbocycles. The molecule has 0 unspecified atom stereocenters. The van der Waals surface area contributed by atoms with E-state index in [1.165, 1.54) is 75.2 Å². The molecule has 118 valence electrons. The van der Waals surface area contributed by atoms with Gasteiger partial charge in [0.05, 0.1) is 0 Å². The third-order valence-electron chi connectivity index (χ3n) is 4.67. The minimum absolute atomic E-state index is 1.04. The molecule has 1 fully saturated rings. The van der Waals surface area contributed by atoms with Crippen LogP contribution in [0.1, 0.15) is 36.8 Å². The lowest BCUT2D eigenvalue weighted by atomic mass is 10.1. The Morgan fingerprint density at radius 1 is 0.952 bits per heavy atom. The summed E-state index contributed by atoms with van der Waals surface area (Å²) in [6.07, 6.45) is 5.31. The molecule has 1 aliphatic rings. The summed E-state index contributed by atoms with van der Waals surface area (Å²) in [7, 11) is 0. The van der Waals surface area contributed by atoms with E-state index in [1.54, 1.807) is 0 Å². The number of thiol groups is 1. The second kappa shape index (κ2) is 8.70. The van der Waals surface area contributed by atoms with Gasteiger partial charge in [0.25, 0.3) is 0 Å². The molecule has 0 N–H and O–H groups in total. The Labute approximate surface area is 135 Å². The largest absolute Gasteiger partial charge is 0.369 e. The number of nitrogens with zero attached hydrogens (tertiary/aromatic N) is 2. The molecule has 1 heterocycles. The SMILES string of the molecule is Cc1cccc(N2CCN(CCCCCCS)CC2)c1C. The first kappa shape index (κ1) is 16.7. The summed E-state index contributed by atoms with van der Waals surface area (Å²) >= 11 is 4.27. The Hall–Kier alpha value is -0.670. The van der Waals surface area contributed by atoms with Crippen LogP contribution < -0.4 is 4.90 Å². The number of aryl methyl sites for hydroxylation is 1. The van der Waals surface area contributed by atoms with E-state index in [4.69, 9.17) is 0 Å². The van der Waals surface area contributed by atoms with Crippen molar-refractivity contribution in [2.75, 3.05) is 43.4 Å². The summed E-state index contributed by atoms with van der Waals surface area (Å²) in [4.78, 5) is 5.18. The van der Waals surface area contributed by atoms with Gasteiger partial charge < -0.3 is 4.90 Å². The molecule has 21 heavy (non-hydrogen) atoms. The highest BCUT2D eigenvalue weighted by atomic mass is 32.1. The van der Waals surface area contributed by atoms with Crippen LogP contribution in [0.3, 0.4) is 0 Å². The van der Waals surface area contributed by atoms with Gasteiger partial charge in [-0.2, -0.15) is 12.6 Å². The first-order chi connectivity index (χ1) is 10.2. The van der Waals surface area contributed by atoms with Crippen LogP contribution in [-0.2, 0) is 0 Å². The number of hydrogen-bond acceptors (Lipinski definition) is 3. The molecule has 1 saturated heterocycles. The molecule has 0 saturated carbocycles. The van der Waals surface area contributed by atoms with Crippen molar-refractivity contribution >= 4 is 18.3 Å². The topological polar surface area (TPSA) is 6.48 Å². The van der Waals surface area contributed by atoms with Crippen molar-refractivity contribution in [3.8, 4) is 0 Å². The van der Waals surface area contributed by atoms with Crippen LogP contribution in [0.5, 0.6) is 0 Å². The molecule has 0 radical (unpaired) electrons. The number of benzene rings is 1. The molecular weight excluding hydrogens is 276 g/mol. The zero-order valence-electron chi connectivity index (χ0n) is 13.6. The van der Waals surface area contributed by atoms with Crippen molar-refractivity contribution < 1.29 is 0 Å². The molecule has 0 aliphatic carbocycles. The monoisotopic (exact) mass is 306 g/mol. The molecule has 1 aromatic rings. The molecule has 2 nitrogen and oxygen atoms in total. The predicted octanol–water partition coefficient (Wildman–Crippen LogP) is 3.92. The average molecular weight is 307 g/mol. The summed E-state index contributed by atoms with van der Waals surface area (Å²) in [6.45, 7) is 10.5. The summed E-state index contributed by atoms with van der Waals surface area (Å²) < 4.78 is 0. The van der Waals surface area contributed by atoms with Gasteiger partial charge in [-0.05, 0) is 56.2 Å². The fourth-order valence-corrected chi connectivity index (χ4v) is 3.31. The number of unbranched alkanes of at least 4 members (excludes halogenated alkanes) is 3. The normalized spacial score (nSPS) is 16.4. The maximum atomic E-state index is 4.27. The minimum atomic E-state index is 1.04. The summed E-state index contributed by atoms with van der Waals surface area (Å²) in [5.41, 5.74) is 4.28. The van der Waals surface area contributed by atoms with Crippen molar-refractivity contribution in [1.82, 2.24) is 4.90 Å². The number of piperazine rings is 1. The number of rotatable bonds is 7. The lowest BCUT2D eigenvalue weighted by Crippen LogP contribution is -2.46. The molecule has 0 bridgehead atoms. The lowest BCUT2D eigenvalue weighted by Gasteiger charge is -2.37. The Kier molecular flexibility index (Phi) is 6.91. The van der Waals surface area contributed by atoms with Crippen molar-refractivity contribution in [3.05, 3.63) is 29.3 Å². The van der Waals surface area contributed by atoms with E-state index in [2.05, 4.69) is 54.5 Å². The van der Waals surface area contributed by atoms with E-state index in [0.29, 0.717) is 0 Å². The fourth-order valence-electron chi connectivity index (χ4n) is 3.09. The minimum Gasteiger partial charge on any atom is -0.369 e. The van der Waals surface area contributed by atoms with Gasteiger partial charge in [-0.1, -0.05) is 25.0 Å². The van der Waals surface area contributed by atoms with Crippen LogP contribution in [0.25, 0.3) is 0 Å². The van der Waals surface area contributed by atoms with E-state index in [-0.39, 0.29) is 0 Å². The highest BCUT2D eigenvalue weighted by molar-refractivity contribution is 7.80. The first-order valence-corrected chi connectivity index (χ1v) is 9.00. The Balaban J connectivity index is 1.74. The van der Waals surface area contributed by atoms with Gasteiger partial charge in [0.15, 0.2) is 0 Å². The lowest BCUT2D eigenvalue weighted by molar-refractivity contribution is 0.252. The van der Waals surface area contributed by atoms with E-state index >= 15 is 0 Å². The predicted molar refractivity (Wildman–Crippen MR) is 96.9 cm³/mol. The fraction of sp³-hybridized carbons (Fsp3) is 0.667. The van der Waals surface area contributed by atoms with E-state index in [0.717, 1.165) is 5.75 Å². The molecule has 0 spiro atoms. The van der Waals surface area contributed by atoms with Gasteiger partial charge in [-0.25, -0.2) is 0 Å². The van der Waals surface area contributed by atoms with Gasteiger partial charge in [-0.3, -0.25) is 4.90 Å². The maximum Gasteiger partial charge on any atom is 0.0399 e. The molecule has 0 amide bonds. The van der Waals surface area contributed by atoms with E-state index in [9.17, 15) is 0 Å². The van der Waals surface area contributed by atoms with Gasteiger partial charge in [0, 0.05) is 31.9 Å². The zero-order chi connectivity index (χ0) is 15.1. The Morgan fingerprint density at radius 2 is 1.67 bits per heavy atom. The molecular formula is C18H30N2S. The highest BCUT2D eigenvalue weighted by Gasteiger charge is 2.18. The molecule has 0 aromatic heterocycles. The molecule has 1 aliphatic heterocycles. The van der Waals surface area contributed by atoms with Crippen molar-refractivity contribution in [2.45, 2.75) is 39.5 Å². The van der Waals surface area contributed by atoms with Crippen LogP contribution >= 0.6 is 12.6 Å². The van der Waals surface area contributed by atoms with Crippen molar-refractivity contribution in [2.24, 2.45) is 0 Å². The van der Waals surface area contributed by atoms with Crippen LogP contribution in [0.2, 0.25) is 0 Å². The van der Waals surface area contributed by atoms with Crippen LogP contribution in [0, 0.1) is 13.8 Å². The third kappa shape index (κ3) is 4.93. The van der Waals surface area contributed by atoms with Gasteiger partial charge >= 0.3 is 0 Å². The quantitative estimate of drug-likeness (QED) is 0.602. The van der Waals surface area contributed by atoms with Gasteiger partial charge in [-0.15, -0.1) is 0 Å². The van der Waals surface area contributed by atoms with E-state index < -0.39 is 0 Å². The first-order valence-electron chi connectivity index (χ1n) is 8.36. The van der Waals surface area contributed by atoms with Crippen LogP contribution in [0.4, 0.5) is 5.69 Å².